The summed E-state index contributed by atoms with van der Waals surface area (Å²) in [6.45, 7) is 2.10. The molecular weight excluding hydrogens is 348 g/mol. The molecule has 0 aliphatic heterocycles. The molecule has 2 N–H and O–H groups in total. The van der Waals surface area contributed by atoms with E-state index in [0.29, 0.717) is 5.69 Å². The van der Waals surface area contributed by atoms with Crippen LogP contribution in [0.25, 0.3) is 10.9 Å². The van der Waals surface area contributed by atoms with Gasteiger partial charge in [-0.25, -0.2) is 4.98 Å². The van der Waals surface area contributed by atoms with Crippen LogP contribution in [0.3, 0.4) is 0 Å². The zero-order chi connectivity index (χ0) is 19.3. The Labute approximate surface area is 163 Å². The van der Waals surface area contributed by atoms with E-state index in [9.17, 15) is 4.79 Å². The molecule has 2 heterocycles. The standard InChI is InChI=1S/C23H20N4O/c1-2-16-8-10-18(11-9-16)27-23(28)21-13-12-19(15-25-21)26-20-7-3-5-17-6-4-14-24-22(17)20/h3-15,26H,2H2,1H3,(H,27,28). The van der Waals surface area contributed by atoms with Crippen LogP contribution in [0.2, 0.25) is 0 Å². The molecule has 0 fully saturated rings. The van der Waals surface area contributed by atoms with Crippen molar-refractivity contribution in [2.45, 2.75) is 13.3 Å². The Hall–Kier alpha value is -3.73. The summed E-state index contributed by atoms with van der Waals surface area (Å²) in [5.74, 6) is -0.234. The molecule has 28 heavy (non-hydrogen) atoms. The van der Waals surface area contributed by atoms with Crippen molar-refractivity contribution in [2.24, 2.45) is 0 Å². The number of aryl methyl sites for hydroxylation is 1. The second-order valence-corrected chi connectivity index (χ2v) is 6.44. The lowest BCUT2D eigenvalue weighted by Gasteiger charge is -2.10. The van der Waals surface area contributed by atoms with E-state index in [1.165, 1.54) is 5.56 Å². The van der Waals surface area contributed by atoms with Crippen LogP contribution in [-0.2, 0) is 6.42 Å². The summed E-state index contributed by atoms with van der Waals surface area (Å²) < 4.78 is 0. The Balaban J connectivity index is 1.47. The maximum atomic E-state index is 12.4. The number of nitrogens with zero attached hydrogens (tertiary/aromatic N) is 2. The third-order valence-electron chi connectivity index (χ3n) is 4.53. The van der Waals surface area contributed by atoms with E-state index in [1.54, 1.807) is 18.5 Å². The summed E-state index contributed by atoms with van der Waals surface area (Å²) in [6, 6.07) is 21.3. The highest BCUT2D eigenvalue weighted by Gasteiger charge is 2.08. The Morgan fingerprint density at radius 3 is 2.43 bits per heavy atom. The molecular formula is C23H20N4O. The number of rotatable bonds is 5. The molecule has 5 heteroatoms. The number of anilines is 3. The van der Waals surface area contributed by atoms with Gasteiger partial charge >= 0.3 is 0 Å². The van der Waals surface area contributed by atoms with Gasteiger partial charge < -0.3 is 10.6 Å². The van der Waals surface area contributed by atoms with Crippen LogP contribution >= 0.6 is 0 Å². The number of amides is 1. The van der Waals surface area contributed by atoms with Crippen molar-refractivity contribution < 1.29 is 4.79 Å². The molecule has 0 aliphatic rings. The van der Waals surface area contributed by atoms with Crippen LogP contribution in [0.5, 0.6) is 0 Å². The summed E-state index contributed by atoms with van der Waals surface area (Å²) in [5, 5.41) is 7.25. The summed E-state index contributed by atoms with van der Waals surface area (Å²) in [6.07, 6.45) is 4.39. The first-order valence-electron chi connectivity index (χ1n) is 9.20. The molecule has 0 atom stereocenters. The first-order valence-corrected chi connectivity index (χ1v) is 9.20. The minimum absolute atomic E-state index is 0.234. The number of pyridine rings is 2. The molecule has 0 saturated heterocycles. The number of carbonyl (C=O) groups is 1. The average molecular weight is 368 g/mol. The highest BCUT2D eigenvalue weighted by molar-refractivity contribution is 6.03. The molecule has 0 bridgehead atoms. The van der Waals surface area contributed by atoms with Crippen LogP contribution in [0.15, 0.2) is 79.1 Å². The van der Waals surface area contributed by atoms with Crippen molar-refractivity contribution in [3.8, 4) is 0 Å². The molecule has 4 rings (SSSR count). The topological polar surface area (TPSA) is 66.9 Å². The number of nitrogens with one attached hydrogen (secondary N) is 2. The van der Waals surface area contributed by atoms with Crippen LogP contribution < -0.4 is 10.6 Å². The summed E-state index contributed by atoms with van der Waals surface area (Å²) in [7, 11) is 0. The van der Waals surface area contributed by atoms with Crippen molar-refractivity contribution in [1.29, 1.82) is 0 Å². The Kier molecular flexibility index (Phi) is 4.97. The van der Waals surface area contributed by atoms with Gasteiger partial charge in [0.1, 0.15) is 5.69 Å². The number of carbonyl (C=O) groups excluding carboxylic acids is 1. The van der Waals surface area contributed by atoms with Gasteiger partial charge in [0.2, 0.25) is 0 Å². The van der Waals surface area contributed by atoms with Gasteiger partial charge in [0.15, 0.2) is 0 Å². The van der Waals surface area contributed by atoms with E-state index < -0.39 is 0 Å². The zero-order valence-corrected chi connectivity index (χ0v) is 15.5. The van der Waals surface area contributed by atoms with Crippen molar-refractivity contribution >= 4 is 33.9 Å². The minimum atomic E-state index is -0.234. The second-order valence-electron chi connectivity index (χ2n) is 6.44. The number of para-hydroxylation sites is 1. The highest BCUT2D eigenvalue weighted by atomic mass is 16.1. The van der Waals surface area contributed by atoms with Gasteiger partial charge in [-0.15, -0.1) is 0 Å². The van der Waals surface area contributed by atoms with Crippen molar-refractivity contribution in [3.05, 3.63) is 90.4 Å². The molecule has 2 aromatic carbocycles. The van der Waals surface area contributed by atoms with Crippen molar-refractivity contribution in [1.82, 2.24) is 9.97 Å². The van der Waals surface area contributed by atoms with Gasteiger partial charge in [0.05, 0.1) is 23.1 Å². The first-order chi connectivity index (χ1) is 13.7. The smallest absolute Gasteiger partial charge is 0.274 e. The predicted octanol–water partition coefficient (Wildman–Crippen LogP) is 5.19. The van der Waals surface area contributed by atoms with E-state index in [0.717, 1.165) is 34.4 Å². The third-order valence-corrected chi connectivity index (χ3v) is 4.53. The molecule has 1 amide bonds. The lowest BCUT2D eigenvalue weighted by Crippen LogP contribution is -2.13. The van der Waals surface area contributed by atoms with Crippen LogP contribution in [0, 0.1) is 0 Å². The molecule has 138 valence electrons. The van der Waals surface area contributed by atoms with Gasteiger partial charge in [-0.1, -0.05) is 37.3 Å². The monoisotopic (exact) mass is 368 g/mol. The van der Waals surface area contributed by atoms with Gasteiger partial charge in [-0.2, -0.15) is 0 Å². The van der Waals surface area contributed by atoms with Gasteiger partial charge in [-0.05, 0) is 48.4 Å². The maximum absolute atomic E-state index is 12.4. The molecule has 0 aliphatic carbocycles. The lowest BCUT2D eigenvalue weighted by atomic mass is 10.1. The molecule has 4 aromatic rings. The average Bonchev–Trinajstić information content (AvgIpc) is 2.75. The van der Waals surface area contributed by atoms with Crippen LogP contribution in [0.4, 0.5) is 17.1 Å². The highest BCUT2D eigenvalue weighted by Crippen LogP contribution is 2.24. The first kappa shape index (κ1) is 17.7. The molecule has 0 unspecified atom stereocenters. The molecule has 0 saturated carbocycles. The minimum Gasteiger partial charge on any atom is -0.352 e. The third kappa shape index (κ3) is 3.83. The summed E-state index contributed by atoms with van der Waals surface area (Å²) in [4.78, 5) is 21.1. The van der Waals surface area contributed by atoms with E-state index in [1.807, 2.05) is 60.7 Å². The van der Waals surface area contributed by atoms with Crippen LogP contribution in [0.1, 0.15) is 23.0 Å². The fourth-order valence-electron chi connectivity index (χ4n) is 2.98. The normalized spacial score (nSPS) is 10.6. The van der Waals surface area contributed by atoms with Gasteiger partial charge in [0, 0.05) is 17.3 Å². The van der Waals surface area contributed by atoms with Gasteiger partial charge in [0.25, 0.3) is 5.91 Å². The number of hydrogen-bond donors (Lipinski definition) is 2. The predicted molar refractivity (Wildman–Crippen MR) is 113 cm³/mol. The second kappa shape index (κ2) is 7.88. The van der Waals surface area contributed by atoms with E-state index in [4.69, 9.17) is 0 Å². The van der Waals surface area contributed by atoms with Crippen molar-refractivity contribution in [2.75, 3.05) is 10.6 Å². The van der Waals surface area contributed by atoms with E-state index >= 15 is 0 Å². The Bertz CT molecular complexity index is 1100. The van der Waals surface area contributed by atoms with E-state index in [-0.39, 0.29) is 5.91 Å². The fourth-order valence-corrected chi connectivity index (χ4v) is 2.98. The Morgan fingerprint density at radius 1 is 0.893 bits per heavy atom. The molecule has 0 radical (unpaired) electrons. The summed E-state index contributed by atoms with van der Waals surface area (Å²) in [5.41, 5.74) is 4.93. The summed E-state index contributed by atoms with van der Waals surface area (Å²) >= 11 is 0. The molecule has 2 aromatic heterocycles. The molecule has 5 nitrogen and oxygen atoms in total. The largest absolute Gasteiger partial charge is 0.352 e. The van der Waals surface area contributed by atoms with Crippen molar-refractivity contribution in [3.63, 3.8) is 0 Å². The molecule has 0 spiro atoms. The fraction of sp³-hybridized carbons (Fsp3) is 0.0870. The Morgan fingerprint density at radius 2 is 1.68 bits per heavy atom. The van der Waals surface area contributed by atoms with Crippen LogP contribution in [-0.4, -0.2) is 15.9 Å². The van der Waals surface area contributed by atoms with E-state index in [2.05, 4.69) is 27.5 Å². The zero-order valence-electron chi connectivity index (χ0n) is 15.5. The maximum Gasteiger partial charge on any atom is 0.274 e. The SMILES string of the molecule is CCc1ccc(NC(=O)c2ccc(Nc3cccc4cccnc34)cn2)cc1. The number of fused-ring (bicyclic) bond motifs is 1. The lowest BCUT2D eigenvalue weighted by molar-refractivity contribution is 0.102. The van der Waals surface area contributed by atoms with Gasteiger partial charge in [-0.3, -0.25) is 9.78 Å². The number of hydrogen-bond acceptors (Lipinski definition) is 4. The number of benzene rings is 2. The number of aromatic nitrogens is 2. The quantitative estimate of drug-likeness (QED) is 0.509.